The minimum atomic E-state index is -0.596. The summed E-state index contributed by atoms with van der Waals surface area (Å²) in [5, 5.41) is 0. The molecule has 1 heterocycles. The zero-order valence-electron chi connectivity index (χ0n) is 19.4. The van der Waals surface area contributed by atoms with E-state index in [9.17, 15) is 14.4 Å². The Balaban J connectivity index is 1.51. The number of hydrogen-bond acceptors (Lipinski definition) is 6. The maximum Gasteiger partial charge on any atom is 0.412 e. The Morgan fingerprint density at radius 3 is 2.44 bits per heavy atom. The van der Waals surface area contributed by atoms with Gasteiger partial charge in [0.1, 0.15) is 19.4 Å². The lowest BCUT2D eigenvalue weighted by Gasteiger charge is -2.38. The van der Waals surface area contributed by atoms with Gasteiger partial charge >= 0.3 is 12.1 Å². The minimum absolute atomic E-state index is 0.0407. The molecule has 1 spiro atoms. The summed E-state index contributed by atoms with van der Waals surface area (Å²) >= 11 is 0. The highest BCUT2D eigenvalue weighted by Gasteiger charge is 2.46. The molecule has 2 amide bonds. The molecule has 1 atom stereocenters. The highest BCUT2D eigenvalue weighted by molar-refractivity contribution is 5.86. The van der Waals surface area contributed by atoms with Crippen LogP contribution in [0.1, 0.15) is 45.1 Å². The number of carbonyl (C=O) groups is 3. The molecule has 8 nitrogen and oxygen atoms in total. The standard InChI is InChI=1S/C24H34N2O6/c1-17(2)20(22(28)30-4)25(3)21(27)19-10-12-24(13-11-19)15-26(16-32-24)23(29)31-14-18-8-6-5-7-9-18/h5-9,17,19-20H,10-16H2,1-4H3/t19?,20-,24?/m0/s1. The number of rotatable bonds is 6. The van der Waals surface area contributed by atoms with Crippen LogP contribution in [-0.4, -0.2) is 66.8 Å². The van der Waals surface area contributed by atoms with Gasteiger partial charge < -0.3 is 19.1 Å². The fourth-order valence-corrected chi connectivity index (χ4v) is 4.70. The average Bonchev–Trinajstić information content (AvgIpc) is 3.21. The van der Waals surface area contributed by atoms with Crippen LogP contribution in [0.15, 0.2) is 30.3 Å². The number of benzene rings is 1. The zero-order valence-corrected chi connectivity index (χ0v) is 19.4. The molecule has 176 valence electrons. The summed E-state index contributed by atoms with van der Waals surface area (Å²) in [6, 6.07) is 8.95. The Kier molecular flexibility index (Phi) is 7.77. The van der Waals surface area contributed by atoms with E-state index < -0.39 is 17.6 Å². The Morgan fingerprint density at radius 1 is 1.19 bits per heavy atom. The van der Waals surface area contributed by atoms with Gasteiger partial charge in [-0.25, -0.2) is 9.59 Å². The van der Waals surface area contributed by atoms with E-state index >= 15 is 0 Å². The summed E-state index contributed by atoms with van der Waals surface area (Å²) in [6.45, 7) is 4.69. The first-order valence-corrected chi connectivity index (χ1v) is 11.2. The van der Waals surface area contributed by atoms with E-state index in [-0.39, 0.29) is 37.2 Å². The number of nitrogens with zero attached hydrogens (tertiary/aromatic N) is 2. The van der Waals surface area contributed by atoms with Gasteiger partial charge in [0.15, 0.2) is 0 Å². The molecule has 1 aliphatic heterocycles. The minimum Gasteiger partial charge on any atom is -0.467 e. The first-order valence-electron chi connectivity index (χ1n) is 11.2. The largest absolute Gasteiger partial charge is 0.467 e. The van der Waals surface area contributed by atoms with E-state index in [2.05, 4.69) is 0 Å². The van der Waals surface area contributed by atoms with E-state index in [0.717, 1.165) is 5.56 Å². The van der Waals surface area contributed by atoms with Gasteiger partial charge in [-0.05, 0) is 37.2 Å². The smallest absolute Gasteiger partial charge is 0.412 e. The second kappa shape index (κ2) is 10.3. The summed E-state index contributed by atoms with van der Waals surface area (Å²) in [6.07, 6.45) is 2.29. The van der Waals surface area contributed by atoms with Crippen molar-refractivity contribution < 1.29 is 28.6 Å². The van der Waals surface area contributed by atoms with Gasteiger partial charge in [0.25, 0.3) is 0 Å². The molecule has 0 radical (unpaired) electrons. The fraction of sp³-hybridized carbons (Fsp3) is 0.625. The second-order valence-electron chi connectivity index (χ2n) is 9.13. The monoisotopic (exact) mass is 446 g/mol. The molecule has 8 heteroatoms. The molecule has 3 rings (SSSR count). The summed E-state index contributed by atoms with van der Waals surface area (Å²) in [7, 11) is 3.01. The van der Waals surface area contributed by atoms with Gasteiger partial charge in [-0.15, -0.1) is 0 Å². The van der Waals surface area contributed by atoms with Gasteiger partial charge in [-0.3, -0.25) is 9.69 Å². The quantitative estimate of drug-likeness (QED) is 0.624. The van der Waals surface area contributed by atoms with Crippen molar-refractivity contribution in [3.63, 3.8) is 0 Å². The molecule has 0 N–H and O–H groups in total. The number of hydrogen-bond donors (Lipinski definition) is 0. The highest BCUT2D eigenvalue weighted by atomic mass is 16.6. The van der Waals surface area contributed by atoms with Crippen LogP contribution in [0.5, 0.6) is 0 Å². The maximum absolute atomic E-state index is 13.1. The Bertz CT molecular complexity index is 804. The van der Waals surface area contributed by atoms with E-state index in [1.807, 2.05) is 44.2 Å². The molecular formula is C24H34N2O6. The Labute approximate surface area is 189 Å². The van der Waals surface area contributed by atoms with Crippen molar-refractivity contribution in [2.75, 3.05) is 27.4 Å². The molecule has 2 fully saturated rings. The third-order valence-corrected chi connectivity index (χ3v) is 6.55. The first-order chi connectivity index (χ1) is 15.3. The Hall–Kier alpha value is -2.61. The van der Waals surface area contributed by atoms with Gasteiger partial charge in [0.05, 0.1) is 19.3 Å². The zero-order chi connectivity index (χ0) is 23.3. The number of carbonyl (C=O) groups excluding carboxylic acids is 3. The molecule has 0 aromatic heterocycles. The average molecular weight is 447 g/mol. The van der Waals surface area contributed by atoms with Crippen LogP contribution in [0.2, 0.25) is 0 Å². The molecule has 1 aromatic carbocycles. The maximum atomic E-state index is 13.1. The number of ether oxygens (including phenoxy) is 3. The molecule has 0 bridgehead atoms. The van der Waals surface area contributed by atoms with E-state index in [1.165, 1.54) is 12.0 Å². The van der Waals surface area contributed by atoms with Crippen LogP contribution < -0.4 is 0 Å². The number of amides is 2. The van der Waals surface area contributed by atoms with Crippen LogP contribution in [-0.2, 0) is 30.4 Å². The Morgan fingerprint density at radius 2 is 1.84 bits per heavy atom. The van der Waals surface area contributed by atoms with Crippen molar-refractivity contribution in [3.8, 4) is 0 Å². The van der Waals surface area contributed by atoms with Crippen molar-refractivity contribution >= 4 is 18.0 Å². The van der Waals surface area contributed by atoms with Crippen LogP contribution in [0, 0.1) is 11.8 Å². The molecule has 0 unspecified atom stereocenters. The SMILES string of the molecule is COC(=O)[C@H](C(C)C)N(C)C(=O)C1CCC2(CC1)CN(C(=O)OCc1ccccc1)CO2. The van der Waals surface area contributed by atoms with Gasteiger partial charge in [0, 0.05) is 13.0 Å². The van der Waals surface area contributed by atoms with Crippen molar-refractivity contribution in [2.24, 2.45) is 11.8 Å². The van der Waals surface area contributed by atoms with Gasteiger partial charge in [-0.1, -0.05) is 44.2 Å². The first kappa shape index (κ1) is 24.0. The summed E-state index contributed by atoms with van der Waals surface area (Å²) in [4.78, 5) is 40.8. The third-order valence-electron chi connectivity index (χ3n) is 6.55. The van der Waals surface area contributed by atoms with Crippen molar-refractivity contribution in [2.45, 2.75) is 57.8 Å². The summed E-state index contributed by atoms with van der Waals surface area (Å²) in [5.74, 6) is -0.646. The van der Waals surface area contributed by atoms with Crippen LogP contribution >= 0.6 is 0 Å². The molecule has 1 saturated carbocycles. The second-order valence-corrected chi connectivity index (χ2v) is 9.13. The van der Waals surface area contributed by atoms with Crippen LogP contribution in [0.4, 0.5) is 4.79 Å². The van der Waals surface area contributed by atoms with E-state index in [0.29, 0.717) is 32.2 Å². The predicted octanol–water partition coefficient (Wildman–Crippen LogP) is 3.20. The van der Waals surface area contributed by atoms with E-state index in [1.54, 1.807) is 11.9 Å². The lowest BCUT2D eigenvalue weighted by Crippen LogP contribution is -2.50. The van der Waals surface area contributed by atoms with E-state index in [4.69, 9.17) is 14.2 Å². The van der Waals surface area contributed by atoms with Crippen LogP contribution in [0.25, 0.3) is 0 Å². The molecular weight excluding hydrogens is 412 g/mol. The van der Waals surface area contributed by atoms with Crippen molar-refractivity contribution in [1.82, 2.24) is 9.80 Å². The normalized spacial score (nSPS) is 23.8. The molecule has 2 aliphatic rings. The molecule has 1 aliphatic carbocycles. The molecule has 32 heavy (non-hydrogen) atoms. The number of likely N-dealkylation sites (N-methyl/N-ethyl adjacent to an activating group) is 1. The summed E-state index contributed by atoms with van der Waals surface area (Å²) in [5.41, 5.74) is 0.506. The predicted molar refractivity (Wildman–Crippen MR) is 117 cm³/mol. The highest BCUT2D eigenvalue weighted by Crippen LogP contribution is 2.39. The van der Waals surface area contributed by atoms with Gasteiger partial charge in [0.2, 0.25) is 5.91 Å². The number of esters is 1. The summed E-state index contributed by atoms with van der Waals surface area (Å²) < 4.78 is 16.3. The molecule has 1 aromatic rings. The molecule has 1 saturated heterocycles. The fourth-order valence-electron chi connectivity index (χ4n) is 4.70. The van der Waals surface area contributed by atoms with Gasteiger partial charge in [-0.2, -0.15) is 0 Å². The lowest BCUT2D eigenvalue weighted by atomic mass is 9.78. The van der Waals surface area contributed by atoms with Crippen molar-refractivity contribution in [3.05, 3.63) is 35.9 Å². The van der Waals surface area contributed by atoms with Crippen molar-refractivity contribution in [1.29, 1.82) is 0 Å². The lowest BCUT2D eigenvalue weighted by molar-refractivity contribution is -0.156. The number of methoxy groups -OCH3 is 1. The third kappa shape index (κ3) is 5.41. The van der Waals surface area contributed by atoms with Crippen LogP contribution in [0.3, 0.4) is 0 Å². The topological polar surface area (TPSA) is 85.4 Å².